The van der Waals surface area contributed by atoms with Gasteiger partial charge in [0.1, 0.15) is 12.2 Å². The van der Waals surface area contributed by atoms with E-state index in [-0.39, 0.29) is 18.1 Å². The number of hydrogen-bond acceptors (Lipinski definition) is 3. The summed E-state index contributed by atoms with van der Waals surface area (Å²) in [7, 11) is 0. The van der Waals surface area contributed by atoms with E-state index in [1.54, 1.807) is 0 Å². The molecule has 0 spiro atoms. The number of carbonyl (C=O) groups excluding carboxylic acids is 1. The molecule has 3 nitrogen and oxygen atoms in total. The highest BCUT2D eigenvalue weighted by Gasteiger charge is 2.44. The Kier molecular flexibility index (Phi) is 4.22. The van der Waals surface area contributed by atoms with Crippen LogP contribution in [0.15, 0.2) is 0 Å². The second-order valence-electron chi connectivity index (χ2n) is 5.72. The number of rotatable bonds is 3. The molecule has 0 aromatic carbocycles. The molecule has 3 heteroatoms. The Hall–Kier alpha value is -0.730. The van der Waals surface area contributed by atoms with E-state index < -0.39 is 6.16 Å². The van der Waals surface area contributed by atoms with Crippen LogP contribution in [-0.4, -0.2) is 18.4 Å². The molecule has 1 aliphatic heterocycles. The molecule has 0 radical (unpaired) electrons. The summed E-state index contributed by atoms with van der Waals surface area (Å²) in [5, 5.41) is 0. The van der Waals surface area contributed by atoms with Gasteiger partial charge in [-0.15, -0.1) is 0 Å². The van der Waals surface area contributed by atoms with Crippen molar-refractivity contribution in [3.8, 4) is 0 Å². The zero-order valence-electron chi connectivity index (χ0n) is 11.2. The maximum Gasteiger partial charge on any atom is 0.508 e. The predicted octanol–water partition coefficient (Wildman–Crippen LogP) is 3.47. The first kappa shape index (κ1) is 13.3. The SMILES string of the molecule is CC(C)C1OC(=O)OC(C(C)C)C1C(C)C. The van der Waals surface area contributed by atoms with Crippen LogP contribution in [0.25, 0.3) is 0 Å². The Bertz CT molecular complexity index is 226. The topological polar surface area (TPSA) is 35.5 Å². The third kappa shape index (κ3) is 2.69. The summed E-state index contributed by atoms with van der Waals surface area (Å²) in [6.07, 6.45) is -0.545. The first-order chi connectivity index (χ1) is 7.34. The van der Waals surface area contributed by atoms with Crippen molar-refractivity contribution in [1.29, 1.82) is 0 Å². The number of ether oxygens (including phenoxy) is 2. The molecular weight excluding hydrogens is 204 g/mol. The Morgan fingerprint density at radius 1 is 0.812 bits per heavy atom. The van der Waals surface area contributed by atoms with Crippen molar-refractivity contribution in [3.05, 3.63) is 0 Å². The highest BCUT2D eigenvalue weighted by molar-refractivity contribution is 5.61. The summed E-state index contributed by atoms with van der Waals surface area (Å²) >= 11 is 0. The summed E-state index contributed by atoms with van der Waals surface area (Å²) in [6.45, 7) is 12.7. The van der Waals surface area contributed by atoms with Gasteiger partial charge < -0.3 is 9.47 Å². The average molecular weight is 228 g/mol. The fourth-order valence-electron chi connectivity index (χ4n) is 2.51. The molecule has 0 amide bonds. The first-order valence-corrected chi connectivity index (χ1v) is 6.21. The Labute approximate surface area is 98.5 Å². The van der Waals surface area contributed by atoms with Crippen molar-refractivity contribution in [1.82, 2.24) is 0 Å². The first-order valence-electron chi connectivity index (χ1n) is 6.21. The summed E-state index contributed by atoms with van der Waals surface area (Å²) in [5.74, 6) is 1.41. The van der Waals surface area contributed by atoms with Gasteiger partial charge in [-0.25, -0.2) is 4.79 Å². The van der Waals surface area contributed by atoms with Crippen molar-refractivity contribution in [3.63, 3.8) is 0 Å². The standard InChI is InChI=1S/C13H24O3/c1-7(2)10-11(8(3)4)15-13(14)16-12(10)9(5)6/h7-12H,1-6H3. The van der Waals surface area contributed by atoms with Crippen LogP contribution >= 0.6 is 0 Å². The molecule has 1 heterocycles. The molecule has 0 saturated carbocycles. The summed E-state index contributed by atoms with van der Waals surface area (Å²) in [6, 6.07) is 0. The largest absolute Gasteiger partial charge is 0.508 e. The number of hydrogen-bond donors (Lipinski definition) is 0. The molecule has 16 heavy (non-hydrogen) atoms. The predicted molar refractivity (Wildman–Crippen MR) is 63.1 cm³/mol. The quantitative estimate of drug-likeness (QED) is 0.694. The Morgan fingerprint density at radius 3 is 1.44 bits per heavy atom. The summed E-state index contributed by atoms with van der Waals surface area (Å²) in [5.41, 5.74) is 0. The van der Waals surface area contributed by atoms with Crippen molar-refractivity contribution >= 4 is 6.16 Å². The van der Waals surface area contributed by atoms with E-state index in [1.807, 2.05) is 0 Å². The van der Waals surface area contributed by atoms with E-state index in [0.717, 1.165) is 0 Å². The van der Waals surface area contributed by atoms with Crippen LogP contribution in [0, 0.1) is 23.7 Å². The highest BCUT2D eigenvalue weighted by Crippen LogP contribution is 2.35. The molecule has 0 aliphatic carbocycles. The van der Waals surface area contributed by atoms with Crippen molar-refractivity contribution < 1.29 is 14.3 Å². The molecule has 0 bridgehead atoms. The zero-order valence-corrected chi connectivity index (χ0v) is 11.2. The fourth-order valence-corrected chi connectivity index (χ4v) is 2.51. The third-order valence-corrected chi connectivity index (χ3v) is 3.31. The molecule has 1 rings (SSSR count). The van der Waals surface area contributed by atoms with Gasteiger partial charge in [0.2, 0.25) is 0 Å². The summed E-state index contributed by atoms with van der Waals surface area (Å²) < 4.78 is 10.7. The van der Waals surface area contributed by atoms with Gasteiger partial charge >= 0.3 is 6.16 Å². The molecule has 1 saturated heterocycles. The molecule has 1 aliphatic rings. The lowest BCUT2D eigenvalue weighted by Crippen LogP contribution is -2.50. The van der Waals surface area contributed by atoms with Crippen molar-refractivity contribution in [2.75, 3.05) is 0 Å². The van der Waals surface area contributed by atoms with Crippen LogP contribution in [0.2, 0.25) is 0 Å². The van der Waals surface area contributed by atoms with E-state index in [2.05, 4.69) is 41.5 Å². The third-order valence-electron chi connectivity index (χ3n) is 3.31. The van der Waals surface area contributed by atoms with Gasteiger partial charge in [-0.05, 0) is 17.8 Å². The lowest BCUT2D eigenvalue weighted by molar-refractivity contribution is -0.139. The van der Waals surface area contributed by atoms with Gasteiger partial charge in [-0.2, -0.15) is 0 Å². The molecule has 0 N–H and O–H groups in total. The van der Waals surface area contributed by atoms with Gasteiger partial charge in [0.25, 0.3) is 0 Å². The normalized spacial score (nSPS) is 30.8. The van der Waals surface area contributed by atoms with Gasteiger partial charge in [0.05, 0.1) is 0 Å². The van der Waals surface area contributed by atoms with Crippen LogP contribution in [0.1, 0.15) is 41.5 Å². The maximum absolute atomic E-state index is 11.4. The zero-order chi connectivity index (χ0) is 12.5. The second kappa shape index (κ2) is 5.07. The van der Waals surface area contributed by atoms with Gasteiger partial charge in [-0.3, -0.25) is 0 Å². The van der Waals surface area contributed by atoms with Crippen LogP contribution in [0.5, 0.6) is 0 Å². The molecule has 2 unspecified atom stereocenters. The minimum atomic E-state index is -0.505. The maximum atomic E-state index is 11.4. The average Bonchev–Trinajstić information content (AvgIpc) is 2.15. The molecule has 1 fully saturated rings. The van der Waals surface area contributed by atoms with Crippen LogP contribution < -0.4 is 0 Å². The number of cyclic esters (lactones) is 2. The molecule has 0 aromatic heterocycles. The highest BCUT2D eigenvalue weighted by atomic mass is 16.7. The summed E-state index contributed by atoms with van der Waals surface area (Å²) in [4.78, 5) is 11.4. The Morgan fingerprint density at radius 2 is 1.19 bits per heavy atom. The lowest BCUT2D eigenvalue weighted by Gasteiger charge is -2.42. The van der Waals surface area contributed by atoms with Gasteiger partial charge in [0, 0.05) is 5.92 Å². The van der Waals surface area contributed by atoms with Crippen molar-refractivity contribution in [2.45, 2.75) is 53.8 Å². The van der Waals surface area contributed by atoms with E-state index >= 15 is 0 Å². The van der Waals surface area contributed by atoms with Gasteiger partial charge in [-0.1, -0.05) is 41.5 Å². The second-order valence-corrected chi connectivity index (χ2v) is 5.72. The smallest absolute Gasteiger partial charge is 0.430 e. The minimum Gasteiger partial charge on any atom is -0.430 e. The fraction of sp³-hybridized carbons (Fsp3) is 0.923. The molecule has 0 aromatic rings. The van der Waals surface area contributed by atoms with E-state index in [4.69, 9.17) is 9.47 Å². The monoisotopic (exact) mass is 228 g/mol. The van der Waals surface area contributed by atoms with Crippen molar-refractivity contribution in [2.24, 2.45) is 23.7 Å². The molecule has 94 valence electrons. The van der Waals surface area contributed by atoms with E-state index in [9.17, 15) is 4.79 Å². The van der Waals surface area contributed by atoms with Crippen LogP contribution in [-0.2, 0) is 9.47 Å². The van der Waals surface area contributed by atoms with E-state index in [0.29, 0.717) is 17.8 Å². The van der Waals surface area contributed by atoms with Crippen LogP contribution in [0.4, 0.5) is 4.79 Å². The van der Waals surface area contributed by atoms with Gasteiger partial charge in [0.15, 0.2) is 0 Å². The molecule has 2 atom stereocenters. The molecular formula is C13H24O3. The Balaban J connectivity index is 2.94. The van der Waals surface area contributed by atoms with E-state index in [1.165, 1.54) is 0 Å². The number of carbonyl (C=O) groups is 1. The minimum absolute atomic E-state index is 0.0198. The lowest BCUT2D eigenvalue weighted by atomic mass is 9.76. The van der Waals surface area contributed by atoms with Crippen LogP contribution in [0.3, 0.4) is 0 Å².